The van der Waals surface area contributed by atoms with Gasteiger partial charge in [0.05, 0.1) is 18.4 Å². The van der Waals surface area contributed by atoms with Crippen molar-refractivity contribution in [3.8, 4) is 5.75 Å². The summed E-state index contributed by atoms with van der Waals surface area (Å²) in [5.74, 6) is 0.994. The number of methoxy groups -OCH3 is 1. The van der Waals surface area contributed by atoms with Gasteiger partial charge in [-0.15, -0.1) is 10.2 Å². The number of hydrogen-bond acceptors (Lipinski definition) is 7. The Balaban J connectivity index is 2.04. The van der Waals surface area contributed by atoms with Gasteiger partial charge in [-0.05, 0) is 30.9 Å². The highest BCUT2D eigenvalue weighted by Gasteiger charge is 2.14. The van der Waals surface area contributed by atoms with Gasteiger partial charge < -0.3 is 4.74 Å². The number of Topliss-reactive ketones (excluding diaryl/α,β-unsaturated/α-hetero) is 1. The monoisotopic (exact) mass is 326 g/mol. The van der Waals surface area contributed by atoms with Crippen LogP contribution in [-0.2, 0) is 0 Å². The van der Waals surface area contributed by atoms with Crippen molar-refractivity contribution >= 4 is 40.6 Å². The van der Waals surface area contributed by atoms with Gasteiger partial charge in [0, 0.05) is 0 Å². The molecule has 0 unspecified atom stereocenters. The van der Waals surface area contributed by atoms with Crippen LogP contribution in [0.15, 0.2) is 26.9 Å². The molecule has 0 N–H and O–H groups in total. The number of aryl methyl sites for hydroxylation is 1. The molecular formula is C13H14N2O2S3. The first-order valence-corrected chi connectivity index (χ1v) is 8.85. The van der Waals surface area contributed by atoms with Crippen molar-refractivity contribution in [2.24, 2.45) is 0 Å². The predicted octanol–water partition coefficient (Wildman–Crippen LogP) is 3.55. The summed E-state index contributed by atoms with van der Waals surface area (Å²) in [7, 11) is 1.58. The van der Waals surface area contributed by atoms with E-state index in [0.717, 1.165) is 14.2 Å². The average Bonchev–Trinajstić information content (AvgIpc) is 2.92. The van der Waals surface area contributed by atoms with Crippen LogP contribution in [0.4, 0.5) is 0 Å². The van der Waals surface area contributed by atoms with Crippen LogP contribution in [0.2, 0.25) is 0 Å². The molecule has 0 spiro atoms. The summed E-state index contributed by atoms with van der Waals surface area (Å²) in [6, 6.07) is 5.59. The van der Waals surface area contributed by atoms with E-state index in [0.29, 0.717) is 17.1 Å². The van der Waals surface area contributed by atoms with E-state index in [4.69, 9.17) is 4.74 Å². The molecule has 20 heavy (non-hydrogen) atoms. The molecule has 1 aromatic heterocycles. The number of nitrogens with zero attached hydrogens (tertiary/aromatic N) is 2. The maximum absolute atomic E-state index is 12.2. The minimum atomic E-state index is 0.0350. The number of ether oxygens (including phenoxy) is 1. The molecule has 0 aliphatic carbocycles. The summed E-state index contributed by atoms with van der Waals surface area (Å²) in [5, 5.41) is 8.04. The molecule has 1 aromatic carbocycles. The second-order valence-electron chi connectivity index (χ2n) is 3.95. The zero-order valence-electron chi connectivity index (χ0n) is 11.4. The van der Waals surface area contributed by atoms with E-state index in [2.05, 4.69) is 10.2 Å². The lowest BCUT2D eigenvalue weighted by Gasteiger charge is -2.07. The third-order valence-corrected chi connectivity index (χ3v) is 5.58. The van der Waals surface area contributed by atoms with Gasteiger partial charge in [0.15, 0.2) is 14.5 Å². The average molecular weight is 326 g/mol. The molecule has 0 saturated heterocycles. The molecule has 2 aromatic rings. The van der Waals surface area contributed by atoms with E-state index < -0.39 is 0 Å². The quantitative estimate of drug-likeness (QED) is 0.598. The van der Waals surface area contributed by atoms with Crippen LogP contribution in [-0.4, -0.2) is 35.1 Å². The topological polar surface area (TPSA) is 52.1 Å². The number of carbonyl (C=O) groups excluding carboxylic acids is 1. The van der Waals surface area contributed by atoms with Gasteiger partial charge in [-0.3, -0.25) is 4.79 Å². The van der Waals surface area contributed by atoms with Gasteiger partial charge in [0.25, 0.3) is 0 Å². The molecule has 4 nitrogen and oxygen atoms in total. The fourth-order valence-corrected chi connectivity index (χ4v) is 3.89. The van der Waals surface area contributed by atoms with E-state index in [1.54, 1.807) is 18.9 Å². The second kappa shape index (κ2) is 7.10. The highest BCUT2D eigenvalue weighted by Crippen LogP contribution is 2.29. The van der Waals surface area contributed by atoms with Crippen LogP contribution in [0.25, 0.3) is 0 Å². The number of carbonyl (C=O) groups is 1. The Kier molecular flexibility index (Phi) is 5.45. The van der Waals surface area contributed by atoms with Crippen molar-refractivity contribution in [1.82, 2.24) is 10.2 Å². The molecule has 7 heteroatoms. The Morgan fingerprint density at radius 1 is 1.35 bits per heavy atom. The van der Waals surface area contributed by atoms with E-state index >= 15 is 0 Å². The van der Waals surface area contributed by atoms with Crippen molar-refractivity contribution in [3.05, 3.63) is 29.3 Å². The second-order valence-corrected chi connectivity index (χ2v) is 7.21. The Morgan fingerprint density at radius 3 is 2.75 bits per heavy atom. The predicted molar refractivity (Wildman–Crippen MR) is 84.5 cm³/mol. The zero-order chi connectivity index (χ0) is 14.5. The van der Waals surface area contributed by atoms with Crippen LogP contribution in [0, 0.1) is 6.92 Å². The molecule has 0 amide bonds. The lowest BCUT2D eigenvalue weighted by atomic mass is 10.1. The van der Waals surface area contributed by atoms with E-state index in [9.17, 15) is 4.79 Å². The molecule has 0 bridgehead atoms. The van der Waals surface area contributed by atoms with Crippen molar-refractivity contribution in [2.45, 2.75) is 15.6 Å². The fraction of sp³-hybridized carbons (Fsp3) is 0.308. The van der Waals surface area contributed by atoms with Crippen molar-refractivity contribution < 1.29 is 9.53 Å². The van der Waals surface area contributed by atoms with E-state index in [1.165, 1.54) is 23.1 Å². The van der Waals surface area contributed by atoms with Crippen molar-refractivity contribution in [3.63, 3.8) is 0 Å². The SMILES string of the molecule is COc1cc(C)ccc1C(=O)CSc1nnc(SC)s1. The summed E-state index contributed by atoms with van der Waals surface area (Å²) in [5.41, 5.74) is 1.68. The van der Waals surface area contributed by atoms with Crippen molar-refractivity contribution in [2.75, 3.05) is 19.1 Å². The maximum atomic E-state index is 12.2. The molecule has 0 aliphatic heterocycles. The first-order chi connectivity index (χ1) is 9.63. The molecule has 0 fully saturated rings. The van der Waals surface area contributed by atoms with Crippen molar-refractivity contribution in [1.29, 1.82) is 0 Å². The maximum Gasteiger partial charge on any atom is 0.176 e. The number of benzene rings is 1. The van der Waals surface area contributed by atoms with E-state index in [1.807, 2.05) is 31.4 Å². The van der Waals surface area contributed by atoms with Crippen LogP contribution >= 0.6 is 34.9 Å². The normalized spacial score (nSPS) is 10.6. The summed E-state index contributed by atoms with van der Waals surface area (Å²) in [6.45, 7) is 1.97. The molecule has 106 valence electrons. The highest BCUT2D eigenvalue weighted by atomic mass is 32.2. The zero-order valence-corrected chi connectivity index (χ0v) is 13.8. The summed E-state index contributed by atoms with van der Waals surface area (Å²) in [4.78, 5) is 12.2. The summed E-state index contributed by atoms with van der Waals surface area (Å²) < 4.78 is 6.99. The Bertz CT molecular complexity index is 613. The molecule has 1 heterocycles. The van der Waals surface area contributed by atoms with Gasteiger partial charge >= 0.3 is 0 Å². The fourth-order valence-electron chi connectivity index (χ4n) is 1.57. The molecule has 2 rings (SSSR count). The van der Waals surface area contributed by atoms with Gasteiger partial charge in [0.1, 0.15) is 5.75 Å². The van der Waals surface area contributed by atoms with Gasteiger partial charge in [-0.1, -0.05) is 40.9 Å². The highest BCUT2D eigenvalue weighted by molar-refractivity contribution is 8.03. The Labute approximate surface area is 130 Å². The molecule has 0 radical (unpaired) electrons. The lowest BCUT2D eigenvalue weighted by Crippen LogP contribution is -2.05. The summed E-state index contributed by atoms with van der Waals surface area (Å²) in [6.07, 6.45) is 1.96. The third kappa shape index (κ3) is 3.74. The molecule has 0 atom stereocenters. The molecule has 0 aliphatic rings. The summed E-state index contributed by atoms with van der Waals surface area (Å²) >= 11 is 4.47. The number of aromatic nitrogens is 2. The number of hydrogen-bond donors (Lipinski definition) is 0. The smallest absolute Gasteiger partial charge is 0.176 e. The van der Waals surface area contributed by atoms with Crippen LogP contribution in [0.5, 0.6) is 5.75 Å². The molecular weight excluding hydrogens is 312 g/mol. The van der Waals surface area contributed by atoms with Gasteiger partial charge in [-0.2, -0.15) is 0 Å². The van der Waals surface area contributed by atoms with Gasteiger partial charge in [-0.25, -0.2) is 0 Å². The van der Waals surface area contributed by atoms with E-state index in [-0.39, 0.29) is 5.78 Å². The largest absolute Gasteiger partial charge is 0.496 e. The minimum Gasteiger partial charge on any atom is -0.496 e. The Morgan fingerprint density at radius 2 is 2.10 bits per heavy atom. The minimum absolute atomic E-state index is 0.0350. The Hall–Kier alpha value is -1.05. The number of rotatable bonds is 6. The first kappa shape index (κ1) is 15.3. The number of ketones is 1. The van der Waals surface area contributed by atoms with Crippen LogP contribution in [0.3, 0.4) is 0 Å². The lowest BCUT2D eigenvalue weighted by molar-refractivity contribution is 0.101. The molecule has 0 saturated carbocycles. The van der Waals surface area contributed by atoms with Crippen LogP contribution < -0.4 is 4.74 Å². The van der Waals surface area contributed by atoms with Crippen LogP contribution in [0.1, 0.15) is 15.9 Å². The number of thioether (sulfide) groups is 2. The third-order valence-electron chi connectivity index (χ3n) is 2.55. The first-order valence-electron chi connectivity index (χ1n) is 5.82. The standard InChI is InChI=1S/C13H14N2O2S3/c1-8-4-5-9(11(6-8)17-2)10(16)7-19-13-15-14-12(18-3)20-13/h4-6H,7H2,1-3H3. The van der Waals surface area contributed by atoms with Gasteiger partial charge in [0.2, 0.25) is 0 Å².